The van der Waals surface area contributed by atoms with Crippen LogP contribution in [0.3, 0.4) is 0 Å². The number of anilines is 1. The van der Waals surface area contributed by atoms with Gasteiger partial charge in [0.2, 0.25) is 5.91 Å². The van der Waals surface area contributed by atoms with Crippen LogP contribution in [-0.4, -0.2) is 53.4 Å². The van der Waals surface area contributed by atoms with Crippen LogP contribution in [0.4, 0.5) is 5.69 Å². The molecule has 20 heavy (non-hydrogen) atoms. The maximum Gasteiger partial charge on any atom is 0.226 e. The molecule has 1 aliphatic rings. The standard InChI is InChI=1S/C15H22N2O3/c18-11-14(19)10-16-13-5-3-12(4-6-13)9-15(20)17-7-1-2-8-17/h3-6,14,16,18-19H,1-2,7-11H2. The number of aliphatic hydroxyl groups excluding tert-OH is 2. The molecule has 1 unspecified atom stereocenters. The molecule has 2 rings (SSSR count). The Balaban J connectivity index is 1.83. The van der Waals surface area contributed by atoms with Gasteiger partial charge in [-0.15, -0.1) is 0 Å². The third-order valence-electron chi connectivity index (χ3n) is 3.52. The highest BCUT2D eigenvalue weighted by atomic mass is 16.3. The number of hydrogen-bond acceptors (Lipinski definition) is 4. The molecule has 1 fully saturated rings. The molecule has 0 bridgehead atoms. The summed E-state index contributed by atoms with van der Waals surface area (Å²) in [4.78, 5) is 13.9. The van der Waals surface area contributed by atoms with Crippen molar-refractivity contribution in [3.05, 3.63) is 29.8 Å². The van der Waals surface area contributed by atoms with Crippen LogP contribution < -0.4 is 5.32 Å². The Kier molecular flexibility index (Phi) is 5.38. The molecule has 1 aromatic carbocycles. The molecule has 1 atom stereocenters. The van der Waals surface area contributed by atoms with Crippen LogP contribution in [0.1, 0.15) is 18.4 Å². The number of amides is 1. The quantitative estimate of drug-likeness (QED) is 0.713. The van der Waals surface area contributed by atoms with Crippen LogP contribution in [0.25, 0.3) is 0 Å². The summed E-state index contributed by atoms with van der Waals surface area (Å²) in [6.07, 6.45) is 1.91. The van der Waals surface area contributed by atoms with Crippen LogP contribution in [0.2, 0.25) is 0 Å². The number of hydrogen-bond donors (Lipinski definition) is 3. The van der Waals surface area contributed by atoms with Gasteiger partial charge in [-0.25, -0.2) is 0 Å². The minimum atomic E-state index is -0.758. The summed E-state index contributed by atoms with van der Waals surface area (Å²) in [5.74, 6) is 0.193. The second-order valence-electron chi connectivity index (χ2n) is 5.18. The van der Waals surface area contributed by atoms with E-state index in [1.165, 1.54) is 0 Å². The molecule has 1 saturated heterocycles. The summed E-state index contributed by atoms with van der Waals surface area (Å²) in [5, 5.41) is 21.0. The number of nitrogens with one attached hydrogen (secondary N) is 1. The Hall–Kier alpha value is -1.59. The van der Waals surface area contributed by atoms with Crippen LogP contribution in [0.15, 0.2) is 24.3 Å². The number of rotatable bonds is 6. The molecule has 110 valence electrons. The smallest absolute Gasteiger partial charge is 0.226 e. The fourth-order valence-electron chi connectivity index (χ4n) is 2.29. The highest BCUT2D eigenvalue weighted by molar-refractivity contribution is 5.79. The summed E-state index contributed by atoms with van der Waals surface area (Å²) in [6, 6.07) is 7.61. The third kappa shape index (κ3) is 4.21. The summed E-state index contributed by atoms with van der Waals surface area (Å²) < 4.78 is 0. The van der Waals surface area contributed by atoms with Crippen LogP contribution in [0.5, 0.6) is 0 Å². The lowest BCUT2D eigenvalue weighted by atomic mass is 10.1. The van der Waals surface area contributed by atoms with Gasteiger partial charge in [0.25, 0.3) is 0 Å². The van der Waals surface area contributed by atoms with Crippen molar-refractivity contribution < 1.29 is 15.0 Å². The van der Waals surface area contributed by atoms with Crippen molar-refractivity contribution in [3.8, 4) is 0 Å². The van der Waals surface area contributed by atoms with Gasteiger partial charge in [0.05, 0.1) is 19.1 Å². The summed E-state index contributed by atoms with van der Waals surface area (Å²) >= 11 is 0. The van der Waals surface area contributed by atoms with E-state index in [0.29, 0.717) is 13.0 Å². The average molecular weight is 278 g/mol. The SMILES string of the molecule is O=C(Cc1ccc(NCC(O)CO)cc1)N1CCCC1. The Labute approximate surface area is 119 Å². The lowest BCUT2D eigenvalue weighted by Gasteiger charge is -2.15. The van der Waals surface area contributed by atoms with Gasteiger partial charge in [-0.05, 0) is 30.5 Å². The maximum absolute atomic E-state index is 12.0. The molecule has 0 radical (unpaired) electrons. The molecule has 3 N–H and O–H groups in total. The number of nitrogens with zero attached hydrogens (tertiary/aromatic N) is 1. The molecule has 0 saturated carbocycles. The van der Waals surface area contributed by atoms with Crippen molar-refractivity contribution in [1.29, 1.82) is 0 Å². The fourth-order valence-corrected chi connectivity index (χ4v) is 2.29. The van der Waals surface area contributed by atoms with Gasteiger partial charge in [-0.3, -0.25) is 4.79 Å². The second kappa shape index (κ2) is 7.26. The van der Waals surface area contributed by atoms with E-state index in [1.54, 1.807) is 0 Å². The Bertz CT molecular complexity index is 427. The average Bonchev–Trinajstić information content (AvgIpc) is 3.00. The number of aliphatic hydroxyl groups is 2. The third-order valence-corrected chi connectivity index (χ3v) is 3.52. The lowest BCUT2D eigenvalue weighted by Crippen LogP contribution is -2.29. The van der Waals surface area contributed by atoms with Crippen LogP contribution >= 0.6 is 0 Å². The summed E-state index contributed by atoms with van der Waals surface area (Å²) in [6.45, 7) is 1.83. The van der Waals surface area contributed by atoms with Crippen molar-refractivity contribution in [2.75, 3.05) is 31.6 Å². The topological polar surface area (TPSA) is 72.8 Å². The van der Waals surface area contributed by atoms with Crippen molar-refractivity contribution >= 4 is 11.6 Å². The predicted molar refractivity (Wildman–Crippen MR) is 77.5 cm³/mol. The van der Waals surface area contributed by atoms with Gasteiger partial charge < -0.3 is 20.4 Å². The summed E-state index contributed by atoms with van der Waals surface area (Å²) in [5.41, 5.74) is 1.87. The van der Waals surface area contributed by atoms with Gasteiger partial charge in [-0.1, -0.05) is 12.1 Å². The highest BCUT2D eigenvalue weighted by Crippen LogP contribution is 2.13. The second-order valence-corrected chi connectivity index (χ2v) is 5.18. The molecule has 0 aromatic heterocycles. The number of carbonyl (C=O) groups is 1. The monoisotopic (exact) mass is 278 g/mol. The zero-order chi connectivity index (χ0) is 14.4. The van der Waals surface area contributed by atoms with Gasteiger partial charge >= 0.3 is 0 Å². The first-order valence-corrected chi connectivity index (χ1v) is 7.08. The lowest BCUT2D eigenvalue weighted by molar-refractivity contribution is -0.129. The van der Waals surface area contributed by atoms with E-state index < -0.39 is 6.10 Å². The zero-order valence-corrected chi connectivity index (χ0v) is 11.6. The van der Waals surface area contributed by atoms with Crippen molar-refractivity contribution in [1.82, 2.24) is 4.90 Å². The molecule has 1 aromatic rings. The molecular formula is C15H22N2O3. The number of benzene rings is 1. The van der Waals surface area contributed by atoms with Crippen LogP contribution in [0, 0.1) is 0 Å². The van der Waals surface area contributed by atoms with Gasteiger partial charge in [0, 0.05) is 25.3 Å². The van der Waals surface area contributed by atoms with E-state index in [4.69, 9.17) is 5.11 Å². The first-order chi connectivity index (χ1) is 9.69. The van der Waals surface area contributed by atoms with E-state index in [-0.39, 0.29) is 12.5 Å². The van der Waals surface area contributed by atoms with Crippen molar-refractivity contribution in [2.24, 2.45) is 0 Å². The molecule has 0 spiro atoms. The first kappa shape index (κ1) is 14.8. The van der Waals surface area contributed by atoms with E-state index in [1.807, 2.05) is 29.2 Å². The molecule has 0 aliphatic carbocycles. The minimum Gasteiger partial charge on any atom is -0.394 e. The normalized spacial score (nSPS) is 16.2. The predicted octanol–water partition coefficient (Wildman–Crippen LogP) is 0.617. The molecular weight excluding hydrogens is 256 g/mol. The molecule has 1 heterocycles. The number of carbonyl (C=O) groups excluding carboxylic acids is 1. The van der Waals surface area contributed by atoms with E-state index >= 15 is 0 Å². The molecule has 1 amide bonds. The van der Waals surface area contributed by atoms with E-state index in [0.717, 1.165) is 37.2 Å². The molecule has 5 nitrogen and oxygen atoms in total. The minimum absolute atomic E-state index is 0.193. The van der Waals surface area contributed by atoms with Crippen LogP contribution in [-0.2, 0) is 11.2 Å². The van der Waals surface area contributed by atoms with E-state index in [9.17, 15) is 9.90 Å². The molecule has 5 heteroatoms. The van der Waals surface area contributed by atoms with Gasteiger partial charge in [-0.2, -0.15) is 0 Å². The zero-order valence-electron chi connectivity index (χ0n) is 11.6. The van der Waals surface area contributed by atoms with Gasteiger partial charge in [0.1, 0.15) is 0 Å². The Morgan fingerprint density at radius 3 is 2.50 bits per heavy atom. The largest absolute Gasteiger partial charge is 0.394 e. The summed E-state index contributed by atoms with van der Waals surface area (Å²) in [7, 11) is 0. The van der Waals surface area contributed by atoms with Crippen molar-refractivity contribution in [2.45, 2.75) is 25.4 Å². The molecule has 1 aliphatic heterocycles. The maximum atomic E-state index is 12.0. The van der Waals surface area contributed by atoms with E-state index in [2.05, 4.69) is 5.32 Å². The highest BCUT2D eigenvalue weighted by Gasteiger charge is 2.17. The van der Waals surface area contributed by atoms with Crippen molar-refractivity contribution in [3.63, 3.8) is 0 Å². The number of likely N-dealkylation sites (tertiary alicyclic amines) is 1. The van der Waals surface area contributed by atoms with Gasteiger partial charge in [0.15, 0.2) is 0 Å². The first-order valence-electron chi connectivity index (χ1n) is 7.08. The Morgan fingerprint density at radius 2 is 1.90 bits per heavy atom. The Morgan fingerprint density at radius 1 is 1.25 bits per heavy atom. The fraction of sp³-hybridized carbons (Fsp3) is 0.533.